The van der Waals surface area contributed by atoms with Crippen molar-refractivity contribution < 1.29 is 9.53 Å². The van der Waals surface area contributed by atoms with Crippen molar-refractivity contribution >= 4 is 5.91 Å². The van der Waals surface area contributed by atoms with Crippen LogP contribution in [0.2, 0.25) is 0 Å². The minimum atomic E-state index is 0.0900. The van der Waals surface area contributed by atoms with Gasteiger partial charge in [0, 0.05) is 43.0 Å². The van der Waals surface area contributed by atoms with Crippen LogP contribution in [0.15, 0.2) is 36.7 Å². The van der Waals surface area contributed by atoms with E-state index in [2.05, 4.69) is 29.6 Å². The molecule has 0 aliphatic carbocycles. The molecule has 134 valence electrons. The molecule has 0 saturated carbocycles. The molecule has 25 heavy (non-hydrogen) atoms. The van der Waals surface area contributed by atoms with E-state index in [0.29, 0.717) is 24.1 Å². The topological polar surface area (TPSA) is 47.4 Å². The highest BCUT2D eigenvalue weighted by atomic mass is 16.5. The van der Waals surface area contributed by atoms with Gasteiger partial charge in [-0.2, -0.15) is 0 Å². The number of piperidine rings is 1. The molecular formula is C20H27N3O2. The number of hydrogen-bond donors (Lipinski definition) is 0. The molecule has 1 aromatic carbocycles. The second-order valence-electron chi connectivity index (χ2n) is 6.81. The zero-order valence-electron chi connectivity index (χ0n) is 15.3. The Balaban J connectivity index is 1.65. The fraction of sp³-hybridized carbons (Fsp3) is 0.500. The van der Waals surface area contributed by atoms with Crippen molar-refractivity contribution in [1.29, 1.82) is 0 Å². The number of ether oxygens (including phenoxy) is 1. The predicted octanol–water partition coefficient (Wildman–Crippen LogP) is 3.88. The van der Waals surface area contributed by atoms with E-state index in [1.807, 2.05) is 42.3 Å². The third-order valence-corrected chi connectivity index (χ3v) is 4.79. The average Bonchev–Trinajstić information content (AvgIpc) is 3.12. The summed E-state index contributed by atoms with van der Waals surface area (Å²) in [5.41, 5.74) is 0.702. The van der Waals surface area contributed by atoms with E-state index in [0.717, 1.165) is 37.5 Å². The summed E-state index contributed by atoms with van der Waals surface area (Å²) in [6.45, 7) is 8.44. The predicted molar refractivity (Wildman–Crippen MR) is 98.1 cm³/mol. The third kappa shape index (κ3) is 3.86. The lowest BCUT2D eigenvalue weighted by molar-refractivity contribution is 0.0709. The Morgan fingerprint density at radius 2 is 2.08 bits per heavy atom. The van der Waals surface area contributed by atoms with E-state index in [4.69, 9.17) is 4.74 Å². The fourth-order valence-electron chi connectivity index (χ4n) is 3.49. The summed E-state index contributed by atoms with van der Waals surface area (Å²) in [5.74, 6) is 2.42. The van der Waals surface area contributed by atoms with Crippen LogP contribution in [0.25, 0.3) is 0 Å². The van der Waals surface area contributed by atoms with Crippen LogP contribution in [0.4, 0.5) is 0 Å². The van der Waals surface area contributed by atoms with E-state index >= 15 is 0 Å². The Hall–Kier alpha value is -2.30. The van der Waals surface area contributed by atoms with E-state index in [9.17, 15) is 4.79 Å². The van der Waals surface area contributed by atoms with Crippen LogP contribution in [0, 0.1) is 0 Å². The largest absolute Gasteiger partial charge is 0.494 e. The number of rotatable bonds is 5. The van der Waals surface area contributed by atoms with Crippen LogP contribution in [-0.4, -0.2) is 40.1 Å². The highest BCUT2D eigenvalue weighted by Gasteiger charge is 2.27. The number of nitrogens with zero attached hydrogens (tertiary/aromatic N) is 3. The molecule has 1 amide bonds. The summed E-state index contributed by atoms with van der Waals surface area (Å²) in [6, 6.07) is 7.88. The molecule has 1 aliphatic rings. The lowest BCUT2D eigenvalue weighted by Gasteiger charge is -2.32. The van der Waals surface area contributed by atoms with Gasteiger partial charge in [-0.1, -0.05) is 6.07 Å². The summed E-state index contributed by atoms with van der Waals surface area (Å²) in [6.07, 6.45) is 5.85. The molecule has 2 heterocycles. The van der Waals surface area contributed by atoms with Crippen LogP contribution >= 0.6 is 0 Å². The van der Waals surface area contributed by atoms with Crippen molar-refractivity contribution in [3.8, 4) is 5.75 Å². The number of amides is 1. The molecule has 5 heteroatoms. The van der Waals surface area contributed by atoms with E-state index in [-0.39, 0.29) is 5.91 Å². The summed E-state index contributed by atoms with van der Waals surface area (Å²) in [4.78, 5) is 19.3. The molecule has 0 unspecified atom stereocenters. The first kappa shape index (κ1) is 17.5. The summed E-state index contributed by atoms with van der Waals surface area (Å²) >= 11 is 0. The van der Waals surface area contributed by atoms with E-state index in [1.54, 1.807) is 0 Å². The normalized spacial score (nSPS) is 15.6. The molecule has 0 spiro atoms. The molecule has 0 bridgehead atoms. The SMILES string of the molecule is CCOc1cccc(C(=O)N2CCC(c3nccn3C(C)C)CC2)c1. The van der Waals surface area contributed by atoms with Crippen LogP contribution in [0.3, 0.4) is 0 Å². The van der Waals surface area contributed by atoms with Gasteiger partial charge in [0.25, 0.3) is 5.91 Å². The zero-order chi connectivity index (χ0) is 17.8. The quantitative estimate of drug-likeness (QED) is 0.829. The monoisotopic (exact) mass is 341 g/mol. The number of likely N-dealkylation sites (tertiary alicyclic amines) is 1. The molecule has 1 fully saturated rings. The molecular weight excluding hydrogens is 314 g/mol. The molecule has 0 radical (unpaired) electrons. The molecule has 0 atom stereocenters. The van der Waals surface area contributed by atoms with Crippen LogP contribution < -0.4 is 4.74 Å². The van der Waals surface area contributed by atoms with Gasteiger partial charge in [0.2, 0.25) is 0 Å². The smallest absolute Gasteiger partial charge is 0.253 e. The van der Waals surface area contributed by atoms with Crippen LogP contribution in [-0.2, 0) is 0 Å². The van der Waals surface area contributed by atoms with Gasteiger partial charge >= 0.3 is 0 Å². The highest BCUT2D eigenvalue weighted by Crippen LogP contribution is 2.29. The summed E-state index contributed by atoms with van der Waals surface area (Å²) in [7, 11) is 0. The lowest BCUT2D eigenvalue weighted by atomic mass is 9.95. The first-order valence-corrected chi connectivity index (χ1v) is 9.15. The number of carbonyl (C=O) groups excluding carboxylic acids is 1. The van der Waals surface area contributed by atoms with Crippen LogP contribution in [0.1, 0.15) is 61.8 Å². The highest BCUT2D eigenvalue weighted by molar-refractivity contribution is 5.94. The maximum Gasteiger partial charge on any atom is 0.253 e. The number of aromatic nitrogens is 2. The lowest BCUT2D eigenvalue weighted by Crippen LogP contribution is -2.38. The molecule has 1 aromatic heterocycles. The first-order valence-electron chi connectivity index (χ1n) is 9.15. The van der Waals surface area contributed by atoms with Crippen molar-refractivity contribution in [2.75, 3.05) is 19.7 Å². The fourth-order valence-corrected chi connectivity index (χ4v) is 3.49. The minimum absolute atomic E-state index is 0.0900. The Morgan fingerprint density at radius 3 is 2.76 bits per heavy atom. The third-order valence-electron chi connectivity index (χ3n) is 4.79. The van der Waals surface area contributed by atoms with Crippen LogP contribution in [0.5, 0.6) is 5.75 Å². The second kappa shape index (κ2) is 7.72. The van der Waals surface area contributed by atoms with Crippen molar-refractivity contribution in [2.24, 2.45) is 0 Å². The van der Waals surface area contributed by atoms with Gasteiger partial charge < -0.3 is 14.2 Å². The molecule has 0 N–H and O–H groups in total. The van der Waals surface area contributed by atoms with Gasteiger partial charge in [0.1, 0.15) is 11.6 Å². The maximum atomic E-state index is 12.8. The molecule has 5 nitrogen and oxygen atoms in total. The molecule has 3 rings (SSSR count). The number of hydrogen-bond acceptors (Lipinski definition) is 3. The summed E-state index contributed by atoms with van der Waals surface area (Å²) < 4.78 is 7.75. The average molecular weight is 341 g/mol. The van der Waals surface area contributed by atoms with Gasteiger partial charge in [-0.15, -0.1) is 0 Å². The molecule has 2 aromatic rings. The Bertz CT molecular complexity index is 715. The second-order valence-corrected chi connectivity index (χ2v) is 6.81. The Kier molecular flexibility index (Phi) is 5.41. The molecule has 1 aliphatic heterocycles. The van der Waals surface area contributed by atoms with Gasteiger partial charge in [-0.05, 0) is 51.8 Å². The van der Waals surface area contributed by atoms with E-state index < -0.39 is 0 Å². The Morgan fingerprint density at radius 1 is 1.32 bits per heavy atom. The van der Waals surface area contributed by atoms with Gasteiger partial charge in [0.15, 0.2) is 0 Å². The number of benzene rings is 1. The van der Waals surface area contributed by atoms with Crippen molar-refractivity contribution in [2.45, 2.75) is 45.6 Å². The maximum absolute atomic E-state index is 12.8. The Labute approximate surface area is 149 Å². The molecule has 1 saturated heterocycles. The number of carbonyl (C=O) groups is 1. The van der Waals surface area contributed by atoms with Crippen molar-refractivity contribution in [3.63, 3.8) is 0 Å². The van der Waals surface area contributed by atoms with Gasteiger partial charge in [-0.25, -0.2) is 4.98 Å². The van der Waals surface area contributed by atoms with E-state index in [1.165, 1.54) is 0 Å². The van der Waals surface area contributed by atoms with Crippen molar-refractivity contribution in [3.05, 3.63) is 48.0 Å². The standard InChI is InChI=1S/C20H27N3O2/c1-4-25-18-7-5-6-17(14-18)20(24)22-11-8-16(9-12-22)19-21-10-13-23(19)15(2)3/h5-7,10,13-16H,4,8-9,11-12H2,1-3H3. The van der Waals surface area contributed by atoms with Gasteiger partial charge in [-0.3, -0.25) is 4.79 Å². The minimum Gasteiger partial charge on any atom is -0.494 e. The number of imidazole rings is 1. The van der Waals surface area contributed by atoms with Gasteiger partial charge in [0.05, 0.1) is 6.61 Å². The summed E-state index contributed by atoms with van der Waals surface area (Å²) in [5, 5.41) is 0. The first-order chi connectivity index (χ1) is 12.1. The van der Waals surface area contributed by atoms with Crippen molar-refractivity contribution in [1.82, 2.24) is 14.5 Å². The zero-order valence-corrected chi connectivity index (χ0v) is 15.3.